The minimum Gasteiger partial charge on any atom is -0.496 e. The summed E-state index contributed by atoms with van der Waals surface area (Å²) in [6, 6.07) is 16.0. The fraction of sp³-hybridized carbons (Fsp3) is 0.565. The number of methoxy groups -OCH3 is 2. The Hall–Kier alpha value is -3.92. The molecule has 0 unspecified atom stereocenters. The number of carbonyl (C=O) groups excluding carboxylic acids is 2. The third-order valence-electron chi connectivity index (χ3n) is 13.5. The van der Waals surface area contributed by atoms with Gasteiger partial charge >= 0.3 is 11.9 Å². The van der Waals surface area contributed by atoms with E-state index < -0.39 is 11.9 Å². The van der Waals surface area contributed by atoms with Crippen molar-refractivity contribution in [2.45, 2.75) is 125 Å². The number of pyridine rings is 2. The van der Waals surface area contributed by atoms with Crippen LogP contribution in [-0.4, -0.2) is 83.8 Å². The van der Waals surface area contributed by atoms with Gasteiger partial charge in [0, 0.05) is 60.9 Å². The maximum atomic E-state index is 14.0. The smallest absolute Gasteiger partial charge is 0.438 e. The summed E-state index contributed by atoms with van der Waals surface area (Å²) in [5.74, 6) is -0.778. The highest BCUT2D eigenvalue weighted by Gasteiger charge is 2.50. The van der Waals surface area contributed by atoms with Gasteiger partial charge in [0.15, 0.2) is 0 Å². The van der Waals surface area contributed by atoms with Gasteiger partial charge in [-0.05, 0) is 111 Å². The molecule has 0 radical (unpaired) electrons. The van der Waals surface area contributed by atoms with E-state index in [0.717, 1.165) is 98.2 Å². The summed E-state index contributed by atoms with van der Waals surface area (Å²) in [6.07, 6.45) is 17.0. The lowest BCUT2D eigenvalue weighted by molar-refractivity contribution is -0.223. The maximum absolute atomic E-state index is 14.0. The second kappa shape index (κ2) is 19.0. The first-order valence-electron chi connectivity index (χ1n) is 21.5. The highest BCUT2D eigenvalue weighted by atomic mass is 32.1. The molecule has 14 heteroatoms. The number of aromatic nitrogens is 2. The molecule has 2 saturated carbocycles. The Bertz CT molecular complexity index is 1870. The van der Waals surface area contributed by atoms with Crippen molar-refractivity contribution in [2.75, 3.05) is 40.5 Å². The Balaban J connectivity index is 1.02. The lowest BCUT2D eigenvalue weighted by Gasteiger charge is -2.47. The zero-order chi connectivity index (χ0) is 41.5. The van der Waals surface area contributed by atoms with E-state index >= 15 is 0 Å². The summed E-state index contributed by atoms with van der Waals surface area (Å²) in [7, 11) is 3.25. The first-order valence-corrected chi connectivity index (χ1v) is 23.3. The number of rotatable bonds is 16. The van der Waals surface area contributed by atoms with E-state index in [4.69, 9.17) is 38.6 Å². The molecule has 8 rings (SSSR count). The summed E-state index contributed by atoms with van der Waals surface area (Å²) in [5, 5.41) is 7.07. The van der Waals surface area contributed by atoms with Gasteiger partial charge < -0.3 is 28.6 Å². The van der Waals surface area contributed by atoms with Crippen LogP contribution < -0.4 is 9.47 Å². The number of nitrogens with zero attached hydrogens (tertiary/aromatic N) is 4. The molecule has 2 spiro atoms. The average molecular weight is 859 g/mol. The van der Waals surface area contributed by atoms with Crippen molar-refractivity contribution in [2.24, 2.45) is 0 Å². The van der Waals surface area contributed by atoms with E-state index in [9.17, 15) is 9.59 Å². The van der Waals surface area contributed by atoms with Gasteiger partial charge in [-0.1, -0.05) is 37.8 Å². The number of thiophene rings is 2. The zero-order valence-corrected chi connectivity index (χ0v) is 36.6. The Kier molecular flexibility index (Phi) is 13.5. The van der Waals surface area contributed by atoms with Gasteiger partial charge in [-0.25, -0.2) is 9.59 Å². The van der Waals surface area contributed by atoms with Gasteiger partial charge in [-0.3, -0.25) is 9.97 Å². The molecule has 4 fully saturated rings. The molecule has 2 aliphatic carbocycles. The minimum absolute atomic E-state index is 0.176. The van der Waals surface area contributed by atoms with E-state index in [0.29, 0.717) is 50.6 Å². The molecule has 4 aromatic heterocycles. The van der Waals surface area contributed by atoms with Crippen molar-refractivity contribution in [3.63, 3.8) is 0 Å². The normalized spacial score (nSPS) is 23.3. The Morgan fingerprint density at radius 2 is 1.07 bits per heavy atom. The molecule has 0 N–H and O–H groups in total. The standard InChI is InChI=1S/C46H58N4O8S2/c1-53-35-13-29-59-37(35)31-49(25-19-43(39-11-3-9-23-47-39)21-27-55-45(33-43)15-5-6-16-45)57-41(51)42(52)58-50(32-38-36(54-2)14-30-60-38)26-20-44(40-12-4-10-24-48-40)22-28-56-46(34-44)17-7-8-18-46/h3-4,9-14,23-24,29-30H,5-8,15-22,25-28,31-34H2,1-2H3/t43-,44-/m1/s1. The van der Waals surface area contributed by atoms with Crippen LogP contribution in [0.25, 0.3) is 0 Å². The number of hydrogen-bond donors (Lipinski definition) is 0. The molecule has 60 heavy (non-hydrogen) atoms. The summed E-state index contributed by atoms with van der Waals surface area (Å²) >= 11 is 3.02. The molecule has 2 saturated heterocycles. The number of hydroxylamine groups is 4. The van der Waals surface area contributed by atoms with Gasteiger partial charge in [0.25, 0.3) is 0 Å². The predicted molar refractivity (Wildman–Crippen MR) is 229 cm³/mol. The van der Waals surface area contributed by atoms with Gasteiger partial charge in [0.05, 0.1) is 48.3 Å². The third-order valence-corrected chi connectivity index (χ3v) is 15.3. The van der Waals surface area contributed by atoms with E-state index in [1.807, 2.05) is 59.6 Å². The van der Waals surface area contributed by atoms with Crippen molar-refractivity contribution in [3.8, 4) is 11.5 Å². The lowest BCUT2D eigenvalue weighted by atomic mass is 9.68. The Morgan fingerprint density at radius 1 is 0.633 bits per heavy atom. The van der Waals surface area contributed by atoms with E-state index in [-0.39, 0.29) is 35.1 Å². The third kappa shape index (κ3) is 9.59. The van der Waals surface area contributed by atoms with Gasteiger partial charge in [-0.2, -0.15) is 0 Å². The van der Waals surface area contributed by atoms with Crippen LogP contribution in [0.5, 0.6) is 11.5 Å². The van der Waals surface area contributed by atoms with E-state index in [1.54, 1.807) is 24.3 Å². The highest BCUT2D eigenvalue weighted by molar-refractivity contribution is 7.10. The predicted octanol–water partition coefficient (Wildman–Crippen LogP) is 8.74. The van der Waals surface area contributed by atoms with Crippen molar-refractivity contribution in [3.05, 3.63) is 92.8 Å². The fourth-order valence-corrected chi connectivity index (χ4v) is 12.1. The first-order chi connectivity index (χ1) is 29.3. The molecular weight excluding hydrogens is 801 g/mol. The van der Waals surface area contributed by atoms with E-state index in [2.05, 4.69) is 12.1 Å². The molecule has 4 aliphatic rings. The molecule has 0 bridgehead atoms. The SMILES string of the molecule is COc1ccsc1CN(CC[C@@]1(c2ccccn2)CCOC2(CCCC2)C1)OC(=O)C(=O)ON(CC[C@@]1(c2ccccn2)CCOC2(CCCC2)C1)Cc1sccc1OC. The van der Waals surface area contributed by atoms with Gasteiger partial charge in [0.1, 0.15) is 11.5 Å². The molecule has 4 aromatic rings. The molecule has 2 atom stereocenters. The number of carbonyl (C=O) groups is 2. The molecule has 0 amide bonds. The summed E-state index contributed by atoms with van der Waals surface area (Å²) in [5.41, 5.74) is 1.09. The van der Waals surface area contributed by atoms with E-state index in [1.165, 1.54) is 22.7 Å². The topological polar surface area (TPSA) is 122 Å². The molecule has 2 aliphatic heterocycles. The van der Waals surface area contributed by atoms with Crippen molar-refractivity contribution < 1.29 is 38.2 Å². The fourth-order valence-electron chi connectivity index (χ4n) is 10.5. The molecule has 322 valence electrons. The maximum Gasteiger partial charge on any atom is 0.438 e. The van der Waals surface area contributed by atoms with Crippen molar-refractivity contribution in [1.82, 2.24) is 20.1 Å². The summed E-state index contributed by atoms with van der Waals surface area (Å²) in [4.78, 5) is 51.6. The first kappa shape index (κ1) is 42.8. The van der Waals surface area contributed by atoms with Crippen LogP contribution in [0.15, 0.2) is 71.7 Å². The molecule has 12 nitrogen and oxygen atoms in total. The largest absolute Gasteiger partial charge is 0.496 e. The van der Waals surface area contributed by atoms with Crippen LogP contribution in [0.4, 0.5) is 0 Å². The van der Waals surface area contributed by atoms with Crippen molar-refractivity contribution >= 4 is 34.6 Å². The van der Waals surface area contributed by atoms with Crippen LogP contribution in [0.2, 0.25) is 0 Å². The Labute approximate surface area is 361 Å². The van der Waals surface area contributed by atoms with Crippen LogP contribution >= 0.6 is 22.7 Å². The highest BCUT2D eigenvalue weighted by Crippen LogP contribution is 2.51. The second-order valence-corrected chi connectivity index (χ2v) is 19.1. The van der Waals surface area contributed by atoms with Gasteiger partial charge in [-0.15, -0.1) is 32.8 Å². The zero-order valence-electron chi connectivity index (χ0n) is 34.9. The average Bonchev–Trinajstić information content (AvgIpc) is 4.12. The van der Waals surface area contributed by atoms with Gasteiger partial charge in [0.2, 0.25) is 0 Å². The molecule has 0 aromatic carbocycles. The van der Waals surface area contributed by atoms with Crippen LogP contribution in [-0.2, 0) is 52.7 Å². The molecule has 6 heterocycles. The summed E-state index contributed by atoms with van der Waals surface area (Å²) in [6.45, 7) is 2.49. The monoisotopic (exact) mass is 858 g/mol. The Morgan fingerprint density at radius 3 is 1.45 bits per heavy atom. The molecular formula is C46H58N4O8S2. The van der Waals surface area contributed by atoms with Crippen LogP contribution in [0.1, 0.15) is 111 Å². The number of ether oxygens (including phenoxy) is 4. The number of hydrogen-bond acceptors (Lipinski definition) is 14. The summed E-state index contributed by atoms with van der Waals surface area (Å²) < 4.78 is 24.3. The quantitative estimate of drug-likeness (QED) is 0.0792. The van der Waals surface area contributed by atoms with Crippen LogP contribution in [0, 0.1) is 0 Å². The minimum atomic E-state index is -1.09. The van der Waals surface area contributed by atoms with Crippen LogP contribution in [0.3, 0.4) is 0 Å². The van der Waals surface area contributed by atoms with Crippen molar-refractivity contribution in [1.29, 1.82) is 0 Å². The lowest BCUT2D eigenvalue weighted by Crippen LogP contribution is -2.48. The second-order valence-electron chi connectivity index (χ2n) is 17.1.